The molecular formula is C65H77BN2S. The Labute approximate surface area is 420 Å². The molecule has 0 amide bonds. The first-order valence-electron chi connectivity index (χ1n) is 26.1. The number of fused-ring (bicyclic) bond motifs is 6. The summed E-state index contributed by atoms with van der Waals surface area (Å²) in [4.78, 5) is 5.43. The van der Waals surface area contributed by atoms with Gasteiger partial charge < -0.3 is 9.80 Å². The van der Waals surface area contributed by atoms with Crippen molar-refractivity contribution in [1.29, 1.82) is 0 Å². The number of anilines is 6. The zero-order valence-corrected chi connectivity index (χ0v) is 45.7. The maximum Gasteiger partial charge on any atom is 0.264 e. The van der Waals surface area contributed by atoms with Crippen molar-refractivity contribution in [1.82, 2.24) is 0 Å². The Morgan fingerprint density at radius 2 is 1.03 bits per heavy atom. The standard InChI is InChI=1S/C65H77BN2S/c1-40-22-29-52-54(32-40)68(53-30-25-45(62(5,6)7)38-50(53)43-33-47(64(11,12)13)37-48(34-43)65(14,15)16)56-36-42(41-20-18-17-19-21-41)35-55-58(56)66(52)60-59(51-39-46(63(8,9)10)26-31-57(51)69-60)67(55)49-27-23-44(24-28-49)61(2,3)4/h22-39,41H,17-21H2,1-16H3. The van der Waals surface area contributed by atoms with Crippen molar-refractivity contribution >= 4 is 78.0 Å². The van der Waals surface area contributed by atoms with Crippen molar-refractivity contribution in [2.45, 2.75) is 176 Å². The average molecular weight is 929 g/mol. The van der Waals surface area contributed by atoms with Crippen molar-refractivity contribution in [2.24, 2.45) is 0 Å². The van der Waals surface area contributed by atoms with Crippen molar-refractivity contribution in [3.8, 4) is 11.1 Å². The van der Waals surface area contributed by atoms with E-state index in [4.69, 9.17) is 0 Å². The highest BCUT2D eigenvalue weighted by atomic mass is 32.1. The third kappa shape index (κ3) is 8.49. The third-order valence-corrected chi connectivity index (χ3v) is 17.1. The summed E-state index contributed by atoms with van der Waals surface area (Å²) < 4.78 is 2.80. The van der Waals surface area contributed by atoms with Gasteiger partial charge in [-0.3, -0.25) is 0 Å². The van der Waals surface area contributed by atoms with Gasteiger partial charge in [0.1, 0.15) is 0 Å². The van der Waals surface area contributed by atoms with Crippen LogP contribution in [-0.2, 0) is 27.1 Å². The molecule has 10 rings (SSSR count). The summed E-state index contributed by atoms with van der Waals surface area (Å²) in [5.41, 5.74) is 22.8. The number of benzene rings is 6. The summed E-state index contributed by atoms with van der Waals surface area (Å²) in [6.45, 7) is 37.7. The SMILES string of the molecule is Cc1ccc2c(c1)N(c1ccc(C(C)(C)C)cc1-c1cc(C(C)(C)C)cc(C(C)(C)C)c1)c1cc(C3CCCCC3)cc3c1B2c1sc2ccc(C(C)(C)C)cc2c1N3c1ccc(C(C)(C)C)cc1. The Hall–Kier alpha value is -5.06. The topological polar surface area (TPSA) is 6.48 Å². The molecule has 2 nitrogen and oxygen atoms in total. The van der Waals surface area contributed by atoms with Gasteiger partial charge in [0.05, 0.1) is 11.4 Å². The summed E-state index contributed by atoms with van der Waals surface area (Å²) in [6, 6.07) is 44.6. The van der Waals surface area contributed by atoms with Gasteiger partial charge in [-0.1, -0.05) is 178 Å². The predicted molar refractivity (Wildman–Crippen MR) is 305 cm³/mol. The number of thiophene rings is 1. The fourth-order valence-corrected chi connectivity index (χ4v) is 12.8. The minimum Gasteiger partial charge on any atom is -0.311 e. The normalized spacial score (nSPS) is 15.7. The van der Waals surface area contributed by atoms with E-state index in [1.54, 1.807) is 0 Å². The first kappa shape index (κ1) is 47.6. The van der Waals surface area contributed by atoms with Crippen LogP contribution in [0.2, 0.25) is 0 Å². The van der Waals surface area contributed by atoms with E-state index < -0.39 is 0 Å². The lowest BCUT2D eigenvalue weighted by Crippen LogP contribution is -2.60. The van der Waals surface area contributed by atoms with Gasteiger partial charge in [0.25, 0.3) is 6.71 Å². The van der Waals surface area contributed by atoms with Gasteiger partial charge >= 0.3 is 0 Å². The van der Waals surface area contributed by atoms with Crippen molar-refractivity contribution in [2.75, 3.05) is 9.80 Å². The maximum atomic E-state index is 2.73. The Balaban J connectivity index is 1.34. The molecule has 0 unspecified atom stereocenters. The fourth-order valence-electron chi connectivity index (χ4n) is 11.5. The highest BCUT2D eigenvalue weighted by molar-refractivity contribution is 7.33. The fraction of sp³-hybridized carbons (Fsp3) is 0.415. The van der Waals surface area contributed by atoms with Crippen LogP contribution in [0.4, 0.5) is 34.1 Å². The summed E-state index contributed by atoms with van der Waals surface area (Å²) in [6.07, 6.45) is 6.38. The number of hydrogen-bond donors (Lipinski definition) is 0. The van der Waals surface area contributed by atoms with Crippen molar-refractivity contribution in [3.63, 3.8) is 0 Å². The second-order valence-corrected chi connectivity index (χ2v) is 27.4. The molecule has 0 N–H and O–H groups in total. The molecule has 3 aliphatic rings. The molecule has 0 atom stereocenters. The summed E-state index contributed by atoms with van der Waals surface area (Å²) in [7, 11) is 0. The molecule has 2 aliphatic heterocycles. The Bertz CT molecular complexity index is 3090. The van der Waals surface area contributed by atoms with Gasteiger partial charge in [-0.25, -0.2) is 0 Å². The summed E-state index contributed by atoms with van der Waals surface area (Å²) in [5, 5.41) is 1.36. The van der Waals surface area contributed by atoms with Crippen LogP contribution in [0.15, 0.2) is 109 Å². The van der Waals surface area contributed by atoms with E-state index in [1.165, 1.54) is 142 Å². The zero-order valence-electron chi connectivity index (χ0n) is 44.9. The molecule has 1 aromatic heterocycles. The minimum atomic E-state index is -0.0310. The van der Waals surface area contributed by atoms with Crippen LogP contribution >= 0.6 is 11.3 Å². The van der Waals surface area contributed by atoms with Gasteiger partial charge in [0.2, 0.25) is 0 Å². The molecule has 0 bridgehead atoms. The zero-order chi connectivity index (χ0) is 49.3. The molecule has 0 saturated heterocycles. The number of hydrogen-bond acceptors (Lipinski definition) is 3. The van der Waals surface area contributed by atoms with E-state index in [0.717, 1.165) is 0 Å². The van der Waals surface area contributed by atoms with E-state index in [-0.39, 0.29) is 33.8 Å². The van der Waals surface area contributed by atoms with Gasteiger partial charge in [0.15, 0.2) is 0 Å². The highest BCUT2D eigenvalue weighted by Crippen LogP contribution is 2.52. The van der Waals surface area contributed by atoms with Crippen molar-refractivity contribution < 1.29 is 0 Å². The van der Waals surface area contributed by atoms with E-state index in [9.17, 15) is 0 Å². The smallest absolute Gasteiger partial charge is 0.264 e. The molecule has 1 saturated carbocycles. The van der Waals surface area contributed by atoms with Crippen LogP contribution in [0, 0.1) is 6.92 Å². The first-order valence-corrected chi connectivity index (χ1v) is 27.0. The lowest BCUT2D eigenvalue weighted by Gasteiger charge is -2.44. The molecule has 7 aromatic rings. The van der Waals surface area contributed by atoms with E-state index in [1.807, 2.05) is 11.3 Å². The monoisotopic (exact) mass is 929 g/mol. The molecule has 1 fully saturated rings. The van der Waals surface area contributed by atoms with Crippen LogP contribution < -0.4 is 25.5 Å². The molecular weight excluding hydrogens is 852 g/mol. The number of aryl methyl sites for hydroxylation is 1. The third-order valence-electron chi connectivity index (χ3n) is 15.9. The molecule has 4 heteroatoms. The summed E-state index contributed by atoms with van der Waals surface area (Å²) >= 11 is 2.01. The van der Waals surface area contributed by atoms with Crippen LogP contribution in [-0.4, -0.2) is 6.71 Å². The average Bonchev–Trinajstić information content (AvgIpc) is 3.66. The second-order valence-electron chi connectivity index (χ2n) is 26.3. The lowest BCUT2D eigenvalue weighted by molar-refractivity contribution is 0.444. The van der Waals surface area contributed by atoms with Crippen LogP contribution in [0.5, 0.6) is 0 Å². The van der Waals surface area contributed by atoms with Crippen molar-refractivity contribution in [3.05, 3.63) is 148 Å². The van der Waals surface area contributed by atoms with Gasteiger partial charge in [-0.2, -0.15) is 0 Å². The largest absolute Gasteiger partial charge is 0.311 e. The van der Waals surface area contributed by atoms with E-state index in [2.05, 4.69) is 230 Å². The highest BCUT2D eigenvalue weighted by Gasteiger charge is 2.46. The van der Waals surface area contributed by atoms with Crippen LogP contribution in [0.3, 0.4) is 0 Å². The van der Waals surface area contributed by atoms with Crippen LogP contribution in [0.1, 0.15) is 181 Å². The Morgan fingerprint density at radius 1 is 0.478 bits per heavy atom. The quantitative estimate of drug-likeness (QED) is 0.162. The minimum absolute atomic E-state index is 0.0165. The molecule has 1 aliphatic carbocycles. The van der Waals surface area contributed by atoms with E-state index >= 15 is 0 Å². The first-order chi connectivity index (χ1) is 32.3. The molecule has 356 valence electrons. The summed E-state index contributed by atoms with van der Waals surface area (Å²) in [5.74, 6) is 0.512. The van der Waals surface area contributed by atoms with Gasteiger partial charge in [-0.05, 0) is 163 Å². The Kier molecular flexibility index (Phi) is 11.4. The van der Waals surface area contributed by atoms with Crippen LogP contribution in [0.25, 0.3) is 21.2 Å². The van der Waals surface area contributed by atoms with E-state index in [0.29, 0.717) is 5.92 Å². The lowest BCUT2D eigenvalue weighted by atomic mass is 9.36. The molecule has 0 radical (unpaired) electrons. The Morgan fingerprint density at radius 3 is 1.62 bits per heavy atom. The predicted octanol–water partition coefficient (Wildman–Crippen LogP) is 17.5. The number of rotatable bonds is 4. The maximum absolute atomic E-state index is 2.73. The number of nitrogens with zero attached hydrogens (tertiary/aromatic N) is 2. The van der Waals surface area contributed by atoms with Gasteiger partial charge in [-0.15, -0.1) is 11.3 Å². The molecule has 3 heterocycles. The second kappa shape index (κ2) is 16.5. The van der Waals surface area contributed by atoms with Gasteiger partial charge in [0, 0.05) is 43.2 Å². The molecule has 69 heavy (non-hydrogen) atoms. The molecule has 0 spiro atoms. The molecule has 6 aromatic carbocycles.